The van der Waals surface area contributed by atoms with Gasteiger partial charge in [0, 0.05) is 5.56 Å². The van der Waals surface area contributed by atoms with Gasteiger partial charge in [-0.1, -0.05) is 32.9 Å². The van der Waals surface area contributed by atoms with E-state index in [-0.39, 0.29) is 11.0 Å². The Bertz CT molecular complexity index is 433. The van der Waals surface area contributed by atoms with Gasteiger partial charge >= 0.3 is 6.18 Å². The fourth-order valence-corrected chi connectivity index (χ4v) is 1.41. The van der Waals surface area contributed by atoms with Gasteiger partial charge in [0.15, 0.2) is 0 Å². The number of nitrogens with one attached hydrogen (secondary N) is 1. The van der Waals surface area contributed by atoms with Crippen molar-refractivity contribution in [2.75, 3.05) is 6.54 Å². The standard InChI is InChI=1S/C13H16F3NO/c1-12(2,3)10-6-4-5-9(7-10)11(18)17-8-13(14,15)16/h4-7H,8H2,1-3H3,(H,17,18). The number of alkyl halides is 3. The molecule has 0 bridgehead atoms. The molecule has 18 heavy (non-hydrogen) atoms. The van der Waals surface area contributed by atoms with E-state index in [1.54, 1.807) is 12.1 Å². The summed E-state index contributed by atoms with van der Waals surface area (Å²) in [6.45, 7) is 4.60. The molecule has 0 saturated heterocycles. The smallest absolute Gasteiger partial charge is 0.343 e. The van der Waals surface area contributed by atoms with Crippen molar-refractivity contribution >= 4 is 5.91 Å². The van der Waals surface area contributed by atoms with Crippen molar-refractivity contribution < 1.29 is 18.0 Å². The van der Waals surface area contributed by atoms with E-state index < -0.39 is 18.6 Å². The first-order valence-electron chi connectivity index (χ1n) is 5.55. The molecule has 1 aromatic carbocycles. The molecule has 0 fully saturated rings. The number of hydrogen-bond acceptors (Lipinski definition) is 1. The maximum Gasteiger partial charge on any atom is 0.405 e. The summed E-state index contributed by atoms with van der Waals surface area (Å²) in [5.41, 5.74) is 0.995. The van der Waals surface area contributed by atoms with Crippen molar-refractivity contribution in [2.24, 2.45) is 0 Å². The Morgan fingerprint density at radius 2 is 1.83 bits per heavy atom. The second-order valence-corrected chi connectivity index (χ2v) is 5.13. The molecule has 1 rings (SSSR count). The zero-order valence-electron chi connectivity index (χ0n) is 10.6. The fourth-order valence-electron chi connectivity index (χ4n) is 1.41. The molecule has 1 amide bonds. The molecule has 1 aromatic rings. The molecule has 0 aliphatic heterocycles. The molecule has 0 aliphatic rings. The third kappa shape index (κ3) is 4.39. The van der Waals surface area contributed by atoms with Crippen LogP contribution in [0.25, 0.3) is 0 Å². The van der Waals surface area contributed by atoms with E-state index >= 15 is 0 Å². The molecular formula is C13H16F3NO. The van der Waals surface area contributed by atoms with Gasteiger partial charge < -0.3 is 5.32 Å². The topological polar surface area (TPSA) is 29.1 Å². The first kappa shape index (κ1) is 14.5. The zero-order valence-corrected chi connectivity index (χ0v) is 10.6. The van der Waals surface area contributed by atoms with Gasteiger partial charge in [0.1, 0.15) is 6.54 Å². The van der Waals surface area contributed by atoms with Gasteiger partial charge in [-0.05, 0) is 23.1 Å². The molecule has 5 heteroatoms. The second-order valence-electron chi connectivity index (χ2n) is 5.13. The Hall–Kier alpha value is -1.52. The van der Waals surface area contributed by atoms with Crippen molar-refractivity contribution in [1.82, 2.24) is 5.32 Å². The Balaban J connectivity index is 2.81. The first-order chi connectivity index (χ1) is 8.09. The number of rotatable bonds is 2. The molecular weight excluding hydrogens is 243 g/mol. The highest BCUT2D eigenvalue weighted by Crippen LogP contribution is 2.22. The molecule has 100 valence electrons. The first-order valence-corrected chi connectivity index (χ1v) is 5.55. The van der Waals surface area contributed by atoms with E-state index in [0.717, 1.165) is 5.56 Å². The van der Waals surface area contributed by atoms with Gasteiger partial charge in [0.05, 0.1) is 0 Å². The van der Waals surface area contributed by atoms with Crippen LogP contribution in [0.4, 0.5) is 13.2 Å². The Labute approximate surface area is 104 Å². The minimum Gasteiger partial charge on any atom is -0.343 e. The molecule has 0 saturated carbocycles. The van der Waals surface area contributed by atoms with Crippen LogP contribution in [0.2, 0.25) is 0 Å². The number of carbonyl (C=O) groups excluding carboxylic acids is 1. The zero-order chi connectivity index (χ0) is 14.0. The van der Waals surface area contributed by atoms with Gasteiger partial charge in [-0.15, -0.1) is 0 Å². The maximum atomic E-state index is 12.0. The summed E-state index contributed by atoms with van der Waals surface area (Å²) in [6, 6.07) is 6.64. The molecule has 0 atom stereocenters. The summed E-state index contributed by atoms with van der Waals surface area (Å²) in [7, 11) is 0. The molecule has 1 N–H and O–H groups in total. The molecule has 0 radical (unpaired) electrons. The minimum absolute atomic E-state index is 0.152. The van der Waals surface area contributed by atoms with E-state index in [1.807, 2.05) is 32.2 Å². The molecule has 0 spiro atoms. The lowest BCUT2D eigenvalue weighted by Gasteiger charge is -2.19. The van der Waals surface area contributed by atoms with Crippen LogP contribution in [-0.4, -0.2) is 18.6 Å². The van der Waals surface area contributed by atoms with Crippen molar-refractivity contribution in [3.63, 3.8) is 0 Å². The average Bonchev–Trinajstić information content (AvgIpc) is 2.24. The summed E-state index contributed by atoms with van der Waals surface area (Å²) < 4.78 is 36.0. The number of benzene rings is 1. The molecule has 0 heterocycles. The summed E-state index contributed by atoms with van der Waals surface area (Å²) in [4.78, 5) is 11.6. The molecule has 0 unspecified atom stereocenters. The van der Waals surface area contributed by atoms with Crippen LogP contribution in [0.1, 0.15) is 36.7 Å². The SMILES string of the molecule is CC(C)(C)c1cccc(C(=O)NCC(F)(F)F)c1. The third-order valence-corrected chi connectivity index (χ3v) is 2.44. The lowest BCUT2D eigenvalue weighted by molar-refractivity contribution is -0.123. The minimum atomic E-state index is -4.39. The molecule has 2 nitrogen and oxygen atoms in total. The monoisotopic (exact) mass is 259 g/mol. The normalized spacial score (nSPS) is 12.3. The lowest BCUT2D eigenvalue weighted by atomic mass is 9.86. The van der Waals surface area contributed by atoms with E-state index in [2.05, 4.69) is 0 Å². The van der Waals surface area contributed by atoms with Crippen LogP contribution in [0.3, 0.4) is 0 Å². The number of carbonyl (C=O) groups is 1. The molecule has 0 aliphatic carbocycles. The van der Waals surface area contributed by atoms with Crippen LogP contribution in [-0.2, 0) is 5.41 Å². The summed E-state index contributed by atoms with van der Waals surface area (Å²) in [5.74, 6) is -0.710. The van der Waals surface area contributed by atoms with Gasteiger partial charge in [-0.25, -0.2) is 0 Å². The summed E-state index contributed by atoms with van der Waals surface area (Å²) >= 11 is 0. The maximum absolute atomic E-state index is 12.0. The van der Waals surface area contributed by atoms with Crippen LogP contribution in [0, 0.1) is 0 Å². The lowest BCUT2D eigenvalue weighted by Crippen LogP contribution is -2.33. The second kappa shape index (κ2) is 5.00. The van der Waals surface area contributed by atoms with Crippen LogP contribution < -0.4 is 5.32 Å². The van der Waals surface area contributed by atoms with Crippen molar-refractivity contribution in [1.29, 1.82) is 0 Å². The van der Waals surface area contributed by atoms with Crippen LogP contribution >= 0.6 is 0 Å². The third-order valence-electron chi connectivity index (χ3n) is 2.44. The van der Waals surface area contributed by atoms with Gasteiger partial charge in [0.25, 0.3) is 5.91 Å². The summed E-state index contributed by atoms with van der Waals surface area (Å²) in [6.07, 6.45) is -4.39. The quantitative estimate of drug-likeness (QED) is 0.867. The van der Waals surface area contributed by atoms with Crippen LogP contribution in [0.5, 0.6) is 0 Å². The van der Waals surface area contributed by atoms with E-state index in [9.17, 15) is 18.0 Å². The highest BCUT2D eigenvalue weighted by atomic mass is 19.4. The highest BCUT2D eigenvalue weighted by molar-refractivity contribution is 5.94. The number of hydrogen-bond donors (Lipinski definition) is 1. The van der Waals surface area contributed by atoms with E-state index in [0.29, 0.717) is 0 Å². The average molecular weight is 259 g/mol. The summed E-state index contributed by atoms with van der Waals surface area (Å²) in [5, 5.41) is 1.85. The Morgan fingerprint density at radius 3 is 2.33 bits per heavy atom. The van der Waals surface area contributed by atoms with Crippen molar-refractivity contribution in [3.05, 3.63) is 35.4 Å². The predicted octanol–water partition coefficient (Wildman–Crippen LogP) is 3.28. The number of amides is 1. The largest absolute Gasteiger partial charge is 0.405 e. The van der Waals surface area contributed by atoms with Crippen molar-refractivity contribution in [3.8, 4) is 0 Å². The van der Waals surface area contributed by atoms with E-state index in [4.69, 9.17) is 0 Å². The number of halogens is 3. The van der Waals surface area contributed by atoms with Crippen LogP contribution in [0.15, 0.2) is 24.3 Å². The predicted molar refractivity (Wildman–Crippen MR) is 63.5 cm³/mol. The van der Waals surface area contributed by atoms with Gasteiger partial charge in [0.2, 0.25) is 0 Å². The highest BCUT2D eigenvalue weighted by Gasteiger charge is 2.28. The van der Waals surface area contributed by atoms with Gasteiger partial charge in [-0.3, -0.25) is 4.79 Å². The van der Waals surface area contributed by atoms with Gasteiger partial charge in [-0.2, -0.15) is 13.2 Å². The fraction of sp³-hybridized carbons (Fsp3) is 0.462. The van der Waals surface area contributed by atoms with E-state index in [1.165, 1.54) is 6.07 Å². The van der Waals surface area contributed by atoms with Crippen molar-refractivity contribution in [2.45, 2.75) is 32.4 Å². The Kier molecular flexibility index (Phi) is 4.04. The molecule has 0 aromatic heterocycles. The Morgan fingerprint density at radius 1 is 1.22 bits per heavy atom.